The molecule has 12 nitrogen and oxygen atoms in total. The molecule has 1 aliphatic heterocycles. The Morgan fingerprint density at radius 1 is 1.02 bits per heavy atom. The average Bonchev–Trinajstić information content (AvgIpc) is 3.56. The largest absolute Gasteiger partial charge is 0.496 e. The highest BCUT2D eigenvalue weighted by molar-refractivity contribution is 5.97. The molecule has 2 aromatic rings. The summed E-state index contributed by atoms with van der Waals surface area (Å²) in [5, 5.41) is 40.8. The molecule has 2 aliphatic carbocycles. The lowest BCUT2D eigenvalue weighted by atomic mass is 9.74. The molecular formula is C45H67N5O7. The van der Waals surface area contributed by atoms with Gasteiger partial charge in [-0.2, -0.15) is 5.06 Å². The smallest absolute Gasteiger partial charge is 0.251 e. The van der Waals surface area contributed by atoms with E-state index in [9.17, 15) is 24.9 Å². The van der Waals surface area contributed by atoms with E-state index >= 15 is 0 Å². The Balaban J connectivity index is 1.43. The van der Waals surface area contributed by atoms with Crippen molar-refractivity contribution >= 4 is 11.8 Å². The molecule has 0 radical (unpaired) electrons. The number of nitrogens with one attached hydrogen (secondary N) is 2. The van der Waals surface area contributed by atoms with Crippen LogP contribution >= 0.6 is 0 Å². The van der Waals surface area contributed by atoms with Gasteiger partial charge in [-0.3, -0.25) is 14.4 Å². The van der Waals surface area contributed by atoms with E-state index in [2.05, 4.69) is 31.4 Å². The number of ether oxygens (including phenoxy) is 1. The molecule has 5 N–H and O–H groups in total. The third-order valence-electron chi connectivity index (χ3n) is 12.3. The first-order valence-corrected chi connectivity index (χ1v) is 20.6. The van der Waals surface area contributed by atoms with Gasteiger partial charge in [0, 0.05) is 60.9 Å². The van der Waals surface area contributed by atoms with Crippen molar-refractivity contribution in [1.82, 2.24) is 25.5 Å². The number of methoxy groups -OCH3 is 1. The maximum Gasteiger partial charge on any atom is 0.251 e. The van der Waals surface area contributed by atoms with Crippen molar-refractivity contribution in [2.24, 2.45) is 23.7 Å². The van der Waals surface area contributed by atoms with Gasteiger partial charge >= 0.3 is 0 Å². The second-order valence-corrected chi connectivity index (χ2v) is 17.3. The fourth-order valence-corrected chi connectivity index (χ4v) is 8.94. The van der Waals surface area contributed by atoms with E-state index in [-0.39, 0.29) is 36.9 Å². The minimum absolute atomic E-state index is 0.00406. The van der Waals surface area contributed by atoms with Gasteiger partial charge in [0.25, 0.3) is 5.91 Å². The number of para-hydroxylation sites is 1. The summed E-state index contributed by atoms with van der Waals surface area (Å²) in [7, 11) is 9.34. The molecular weight excluding hydrogens is 723 g/mol. The van der Waals surface area contributed by atoms with Gasteiger partial charge in [-0.05, 0) is 76.1 Å². The van der Waals surface area contributed by atoms with Crippen LogP contribution in [0.2, 0.25) is 0 Å². The van der Waals surface area contributed by atoms with Crippen LogP contribution in [-0.4, -0.2) is 121 Å². The maximum atomic E-state index is 14.3. The predicted octanol–water partition coefficient (Wildman–Crippen LogP) is 4.39. The molecule has 2 aromatic carbocycles. The summed E-state index contributed by atoms with van der Waals surface area (Å²) >= 11 is 0. The number of likely N-dealkylation sites (N-methyl/N-ethyl adjacent to an activating group) is 1. The zero-order chi connectivity index (χ0) is 41.6. The lowest BCUT2D eigenvalue weighted by molar-refractivity contribution is -0.182. The molecule has 0 aromatic heterocycles. The van der Waals surface area contributed by atoms with Crippen molar-refractivity contribution in [2.45, 2.75) is 102 Å². The summed E-state index contributed by atoms with van der Waals surface area (Å²) in [4.78, 5) is 38.6. The Bertz CT molecular complexity index is 1710. The number of hydrogen-bond donors (Lipinski definition) is 5. The number of carbonyl (C=O) groups is 2. The first kappa shape index (κ1) is 44.3. The molecule has 5 rings (SSSR count). The van der Waals surface area contributed by atoms with Crippen LogP contribution in [0.4, 0.5) is 0 Å². The number of rotatable bonds is 16. The van der Waals surface area contributed by atoms with E-state index in [1.807, 2.05) is 98.7 Å². The van der Waals surface area contributed by atoms with Gasteiger partial charge < -0.3 is 40.5 Å². The van der Waals surface area contributed by atoms with Crippen molar-refractivity contribution in [1.29, 1.82) is 0 Å². The third kappa shape index (κ3) is 10.6. The number of aliphatic hydroxyl groups is 3. The average molecular weight is 790 g/mol. The number of nitrogens with zero attached hydrogens (tertiary/aromatic N) is 3. The lowest BCUT2D eigenvalue weighted by Crippen LogP contribution is -2.53. The van der Waals surface area contributed by atoms with E-state index in [0.717, 1.165) is 41.6 Å². The number of benzene rings is 2. The summed E-state index contributed by atoms with van der Waals surface area (Å²) in [6, 6.07) is 13.8. The highest BCUT2D eigenvalue weighted by Gasteiger charge is 2.50. The Kier molecular flexibility index (Phi) is 15.4. The van der Waals surface area contributed by atoms with E-state index in [1.54, 1.807) is 19.1 Å². The monoisotopic (exact) mass is 790 g/mol. The first-order chi connectivity index (χ1) is 27.1. The molecule has 1 saturated heterocycles. The fraction of sp³-hybridized carbons (Fsp3) is 0.600. The number of hydrogen-bond acceptors (Lipinski definition) is 10. The van der Waals surface area contributed by atoms with Gasteiger partial charge in [-0.1, -0.05) is 75.4 Å². The van der Waals surface area contributed by atoms with Gasteiger partial charge in [0.05, 0.1) is 32.4 Å². The van der Waals surface area contributed by atoms with Crippen molar-refractivity contribution < 1.29 is 34.5 Å². The molecule has 12 heteroatoms. The Labute approximate surface area is 339 Å². The lowest BCUT2D eigenvalue weighted by Gasteiger charge is -2.38. The standard InChI is InChI=1S/C45H67N5O7/c1-27(2)31-19-18-28(3)37(23-31)46-45(55)41-40(29(4)52)39(26-51)57-50(41)24-32-16-13-17-36(43(32)56-9)33-20-34(22-35(21-33)49(7)8)44(54)47-38(25-48(5)6)42(53)30-14-11-10-12-15-30/h10-17,20,22,27-29,31,33,37-42,51-53H,18-19,21,23-26H2,1-9H3,(H,46,55)(H,47,54)/t28-,29-,31+,33?,37-,38-,39-,40+,41-,42-/m0/s1. The third-order valence-corrected chi connectivity index (χ3v) is 12.3. The Morgan fingerprint density at radius 3 is 2.35 bits per heavy atom. The van der Waals surface area contributed by atoms with Crippen LogP contribution in [0.15, 0.2) is 72.0 Å². The SMILES string of the molecule is COc1c(CN2O[C@@H](CO)[C@@H]([C@H](C)O)[C@H]2C(=O)N[C@H]2C[C@H](C(C)C)CC[C@@H]2C)cccc1C1C=C(C(=O)N[C@@H](CN(C)C)[C@@H](O)c2ccccc2)C=C(N(C)C)C1. The van der Waals surface area contributed by atoms with E-state index < -0.39 is 36.3 Å². The van der Waals surface area contributed by atoms with Crippen LogP contribution in [-0.2, 0) is 21.0 Å². The molecule has 2 fully saturated rings. The van der Waals surface area contributed by atoms with Crippen LogP contribution in [0.1, 0.15) is 82.1 Å². The quantitative estimate of drug-likeness (QED) is 0.166. The van der Waals surface area contributed by atoms with Crippen LogP contribution in [0.3, 0.4) is 0 Å². The molecule has 1 saturated carbocycles. The second kappa shape index (κ2) is 19.8. The molecule has 2 amide bonds. The number of hydroxylamine groups is 2. The Hall–Kier alpha value is -3.78. The van der Waals surface area contributed by atoms with Crippen molar-refractivity contribution in [2.75, 3.05) is 48.5 Å². The molecule has 10 atom stereocenters. The molecule has 314 valence electrons. The molecule has 0 bridgehead atoms. The Morgan fingerprint density at radius 2 is 1.74 bits per heavy atom. The van der Waals surface area contributed by atoms with E-state index in [1.165, 1.54) is 0 Å². The normalized spacial score (nSPS) is 27.0. The molecule has 3 aliphatic rings. The van der Waals surface area contributed by atoms with Crippen LogP contribution in [0, 0.1) is 23.7 Å². The van der Waals surface area contributed by atoms with E-state index in [0.29, 0.717) is 42.0 Å². The predicted molar refractivity (Wildman–Crippen MR) is 222 cm³/mol. The molecule has 1 heterocycles. The van der Waals surface area contributed by atoms with Gasteiger partial charge in [-0.25, -0.2) is 0 Å². The summed E-state index contributed by atoms with van der Waals surface area (Å²) < 4.78 is 6.13. The zero-order valence-corrected chi connectivity index (χ0v) is 35.4. The van der Waals surface area contributed by atoms with Crippen LogP contribution in [0.5, 0.6) is 5.75 Å². The highest BCUT2D eigenvalue weighted by atomic mass is 16.7. The van der Waals surface area contributed by atoms with Crippen molar-refractivity contribution in [3.8, 4) is 5.75 Å². The van der Waals surface area contributed by atoms with Gasteiger partial charge in [-0.15, -0.1) is 0 Å². The minimum Gasteiger partial charge on any atom is -0.496 e. The minimum atomic E-state index is -0.914. The zero-order valence-electron chi connectivity index (χ0n) is 35.4. The topological polar surface area (TPSA) is 147 Å². The van der Waals surface area contributed by atoms with Crippen molar-refractivity contribution in [3.63, 3.8) is 0 Å². The fourth-order valence-electron chi connectivity index (χ4n) is 8.94. The molecule has 1 unspecified atom stereocenters. The maximum absolute atomic E-state index is 14.3. The number of amides is 2. The van der Waals surface area contributed by atoms with Crippen molar-refractivity contribution in [3.05, 3.63) is 88.6 Å². The van der Waals surface area contributed by atoms with Gasteiger partial charge in [0.15, 0.2) is 0 Å². The number of carbonyl (C=O) groups excluding carboxylic acids is 2. The molecule has 0 spiro atoms. The summed E-state index contributed by atoms with van der Waals surface area (Å²) in [6.45, 7) is 8.54. The van der Waals surface area contributed by atoms with Gasteiger partial charge in [0.1, 0.15) is 24.0 Å². The summed E-state index contributed by atoms with van der Waals surface area (Å²) in [5.41, 5.74) is 3.78. The van der Waals surface area contributed by atoms with Crippen LogP contribution < -0.4 is 15.4 Å². The summed E-state index contributed by atoms with van der Waals surface area (Å²) in [6.07, 6.45) is 4.95. The van der Waals surface area contributed by atoms with E-state index in [4.69, 9.17) is 9.57 Å². The first-order valence-electron chi connectivity index (χ1n) is 20.6. The number of allylic oxidation sites excluding steroid dienone is 2. The molecule has 57 heavy (non-hydrogen) atoms. The number of aliphatic hydroxyl groups excluding tert-OH is 3. The second-order valence-electron chi connectivity index (χ2n) is 17.3. The highest BCUT2D eigenvalue weighted by Crippen LogP contribution is 2.41. The van der Waals surface area contributed by atoms with Gasteiger partial charge in [0.2, 0.25) is 5.91 Å². The summed E-state index contributed by atoms with van der Waals surface area (Å²) in [5.74, 6) is 0.559. The van der Waals surface area contributed by atoms with Crippen LogP contribution in [0.25, 0.3) is 0 Å².